The van der Waals surface area contributed by atoms with Crippen LogP contribution in [0, 0.1) is 0 Å². The highest BCUT2D eigenvalue weighted by atomic mass is 16.7. The Bertz CT molecular complexity index is 1180. The molecule has 2 aliphatic rings. The number of unbranched alkanes of at least 4 members (excludes halogenated alkanes) is 28. The van der Waals surface area contributed by atoms with Crippen LogP contribution in [0.15, 0.2) is 12.2 Å². The van der Waals surface area contributed by atoms with E-state index in [9.17, 15) is 45.6 Å². The van der Waals surface area contributed by atoms with Crippen molar-refractivity contribution in [2.45, 2.75) is 299 Å². The average molecular weight is 960 g/mol. The highest BCUT2D eigenvalue weighted by molar-refractivity contribution is 5.76. The third-order valence-electron chi connectivity index (χ3n) is 13.7. The number of aliphatic hydroxyl groups excluding tert-OH is 8. The highest BCUT2D eigenvalue weighted by Crippen LogP contribution is 2.30. The van der Waals surface area contributed by atoms with Gasteiger partial charge >= 0.3 is 0 Å². The molecule has 0 aromatic carbocycles. The Hall–Kier alpha value is -1.27. The number of amides is 1. The lowest BCUT2D eigenvalue weighted by molar-refractivity contribution is -0.359. The molecule has 9 N–H and O–H groups in total. The molecule has 2 fully saturated rings. The summed E-state index contributed by atoms with van der Waals surface area (Å²) in [5.74, 6) is -0.213. The molecular weight excluding hydrogens is 859 g/mol. The smallest absolute Gasteiger partial charge is 0.220 e. The summed E-state index contributed by atoms with van der Waals surface area (Å²) in [6.45, 7) is 2.86. The molecule has 67 heavy (non-hydrogen) atoms. The standard InChI is InChI=1S/C53H101NO13/c1-3-5-7-9-11-13-15-17-19-21-22-24-26-28-30-32-34-36-42(57)41(54-45(58)37-35-33-31-29-27-25-23-20-18-16-14-12-10-8-6-4-2)40-64-52-50(63)48(61)51(44(39-56)66-52)67-53-49(62)47(60)46(59)43(38-55)65-53/h20,23,41-44,46-53,55-57,59-63H,3-19,21-22,24-40H2,1-2H3,(H,54,58)/b23-20-. The van der Waals surface area contributed by atoms with Crippen LogP contribution in [0.2, 0.25) is 0 Å². The van der Waals surface area contributed by atoms with Crippen molar-refractivity contribution < 1.29 is 64.6 Å². The molecule has 0 saturated carbocycles. The monoisotopic (exact) mass is 960 g/mol. The van der Waals surface area contributed by atoms with Gasteiger partial charge < -0.3 is 65.1 Å². The summed E-state index contributed by atoms with van der Waals surface area (Å²) in [5.41, 5.74) is 0. The molecule has 2 heterocycles. The summed E-state index contributed by atoms with van der Waals surface area (Å²) < 4.78 is 22.8. The van der Waals surface area contributed by atoms with Crippen molar-refractivity contribution in [3.63, 3.8) is 0 Å². The number of hydrogen-bond acceptors (Lipinski definition) is 13. The van der Waals surface area contributed by atoms with E-state index in [1.807, 2.05) is 0 Å². The van der Waals surface area contributed by atoms with Crippen LogP contribution in [0.25, 0.3) is 0 Å². The predicted molar refractivity (Wildman–Crippen MR) is 263 cm³/mol. The number of allylic oxidation sites excluding steroid dienone is 2. The van der Waals surface area contributed by atoms with Gasteiger partial charge in [-0.05, 0) is 38.5 Å². The van der Waals surface area contributed by atoms with E-state index < -0.39 is 86.8 Å². The van der Waals surface area contributed by atoms with Gasteiger partial charge in [0.15, 0.2) is 12.6 Å². The van der Waals surface area contributed by atoms with Gasteiger partial charge in [0.05, 0.1) is 32.0 Å². The minimum absolute atomic E-state index is 0.213. The molecule has 2 rings (SSSR count). The van der Waals surface area contributed by atoms with Crippen molar-refractivity contribution in [2.24, 2.45) is 0 Å². The first-order valence-corrected chi connectivity index (χ1v) is 27.4. The maximum absolute atomic E-state index is 13.2. The zero-order valence-electron chi connectivity index (χ0n) is 42.2. The molecule has 12 atom stereocenters. The molecular formula is C53H101NO13. The molecule has 0 bridgehead atoms. The SMILES string of the molecule is CCCCCCCCC/C=C\CCCCCCCC(=O)NC(COC1OC(CO)C(OC2OC(CO)C(O)C(O)C2O)C(O)C1O)C(O)CCCCCCCCCCCCCCCCCCC. The summed E-state index contributed by atoms with van der Waals surface area (Å²) in [6, 6.07) is -0.829. The molecule has 14 heteroatoms. The lowest BCUT2D eigenvalue weighted by Gasteiger charge is -2.46. The Morgan fingerprint density at radius 3 is 1.42 bits per heavy atom. The zero-order valence-corrected chi connectivity index (χ0v) is 42.2. The van der Waals surface area contributed by atoms with E-state index in [1.54, 1.807) is 0 Å². The Morgan fingerprint density at radius 2 is 0.940 bits per heavy atom. The number of carbonyl (C=O) groups excluding carboxylic acids is 1. The van der Waals surface area contributed by atoms with E-state index in [1.165, 1.54) is 128 Å². The Morgan fingerprint density at radius 1 is 0.522 bits per heavy atom. The van der Waals surface area contributed by atoms with Crippen LogP contribution in [-0.4, -0.2) is 140 Å². The minimum atomic E-state index is -1.78. The fraction of sp³-hybridized carbons (Fsp3) is 0.943. The van der Waals surface area contributed by atoms with Crippen LogP contribution in [-0.2, 0) is 23.7 Å². The minimum Gasteiger partial charge on any atom is -0.394 e. The second-order valence-electron chi connectivity index (χ2n) is 19.7. The van der Waals surface area contributed by atoms with Crippen LogP contribution in [0.5, 0.6) is 0 Å². The van der Waals surface area contributed by atoms with Gasteiger partial charge in [-0.2, -0.15) is 0 Å². The van der Waals surface area contributed by atoms with Gasteiger partial charge in [0.1, 0.15) is 48.8 Å². The Kier molecular flexibility index (Phi) is 37.2. The zero-order chi connectivity index (χ0) is 48.9. The van der Waals surface area contributed by atoms with E-state index >= 15 is 0 Å². The largest absolute Gasteiger partial charge is 0.394 e. The number of carbonyl (C=O) groups is 1. The van der Waals surface area contributed by atoms with Gasteiger partial charge in [-0.3, -0.25) is 4.79 Å². The van der Waals surface area contributed by atoms with E-state index in [0.717, 1.165) is 64.2 Å². The first kappa shape index (κ1) is 61.8. The number of hydrogen-bond donors (Lipinski definition) is 9. The van der Waals surface area contributed by atoms with E-state index in [2.05, 4.69) is 31.3 Å². The third kappa shape index (κ3) is 27.2. The summed E-state index contributed by atoms with van der Waals surface area (Å²) in [5, 5.41) is 87.0. The molecule has 14 nitrogen and oxygen atoms in total. The van der Waals surface area contributed by atoms with Crippen LogP contribution in [0.4, 0.5) is 0 Å². The van der Waals surface area contributed by atoms with E-state index in [4.69, 9.17) is 18.9 Å². The van der Waals surface area contributed by atoms with Gasteiger partial charge in [-0.25, -0.2) is 0 Å². The molecule has 0 aromatic heterocycles. The van der Waals surface area contributed by atoms with Crippen LogP contribution in [0.1, 0.15) is 226 Å². The van der Waals surface area contributed by atoms with Crippen molar-refractivity contribution in [3.8, 4) is 0 Å². The maximum atomic E-state index is 13.2. The van der Waals surface area contributed by atoms with Gasteiger partial charge in [0.25, 0.3) is 0 Å². The third-order valence-corrected chi connectivity index (χ3v) is 13.7. The molecule has 0 aromatic rings. The van der Waals surface area contributed by atoms with Crippen molar-refractivity contribution >= 4 is 5.91 Å². The quantitative estimate of drug-likeness (QED) is 0.0209. The average Bonchev–Trinajstić information content (AvgIpc) is 3.32. The second-order valence-corrected chi connectivity index (χ2v) is 19.7. The normalized spacial score (nSPS) is 26.6. The molecule has 12 unspecified atom stereocenters. The number of rotatable bonds is 43. The molecule has 0 aliphatic carbocycles. The van der Waals surface area contributed by atoms with Gasteiger partial charge in [0, 0.05) is 6.42 Å². The van der Waals surface area contributed by atoms with E-state index in [0.29, 0.717) is 19.3 Å². The van der Waals surface area contributed by atoms with Gasteiger partial charge in [-0.1, -0.05) is 193 Å². The molecule has 2 aliphatic heterocycles. The Labute approximate surface area is 406 Å². The fourth-order valence-corrected chi connectivity index (χ4v) is 9.23. The van der Waals surface area contributed by atoms with Crippen molar-refractivity contribution in [2.75, 3.05) is 19.8 Å². The van der Waals surface area contributed by atoms with Crippen molar-refractivity contribution in [1.82, 2.24) is 5.32 Å². The summed E-state index contributed by atoms with van der Waals surface area (Å²) in [6.07, 6.45) is 26.3. The number of nitrogens with one attached hydrogen (secondary N) is 1. The predicted octanol–water partition coefficient (Wildman–Crippen LogP) is 7.94. The van der Waals surface area contributed by atoms with Crippen molar-refractivity contribution in [1.29, 1.82) is 0 Å². The molecule has 0 spiro atoms. The first-order chi connectivity index (χ1) is 32.6. The van der Waals surface area contributed by atoms with Gasteiger partial charge in [0.2, 0.25) is 5.91 Å². The highest BCUT2D eigenvalue weighted by Gasteiger charge is 2.51. The Balaban J connectivity index is 1.81. The second kappa shape index (κ2) is 40.3. The summed E-state index contributed by atoms with van der Waals surface area (Å²) in [7, 11) is 0. The van der Waals surface area contributed by atoms with Crippen LogP contribution >= 0.6 is 0 Å². The molecule has 1 amide bonds. The fourth-order valence-electron chi connectivity index (χ4n) is 9.23. The molecule has 0 radical (unpaired) electrons. The van der Waals surface area contributed by atoms with Crippen molar-refractivity contribution in [3.05, 3.63) is 12.2 Å². The van der Waals surface area contributed by atoms with Crippen LogP contribution < -0.4 is 5.32 Å². The molecule has 396 valence electrons. The molecule has 2 saturated heterocycles. The summed E-state index contributed by atoms with van der Waals surface area (Å²) in [4.78, 5) is 13.2. The van der Waals surface area contributed by atoms with E-state index in [-0.39, 0.29) is 12.5 Å². The first-order valence-electron chi connectivity index (χ1n) is 27.4. The summed E-state index contributed by atoms with van der Waals surface area (Å²) >= 11 is 0. The lowest BCUT2D eigenvalue weighted by atomic mass is 9.97. The van der Waals surface area contributed by atoms with Crippen LogP contribution in [0.3, 0.4) is 0 Å². The maximum Gasteiger partial charge on any atom is 0.220 e. The topological polar surface area (TPSA) is 228 Å². The number of aliphatic hydroxyl groups is 8. The number of ether oxygens (including phenoxy) is 4. The lowest BCUT2D eigenvalue weighted by Crippen LogP contribution is -2.65. The van der Waals surface area contributed by atoms with Gasteiger partial charge in [-0.15, -0.1) is 0 Å².